The standard InChI is InChI=1S/C23H31N3O4S/c1-16-10-12-20(13-11-16)14-25(19(4)23(28)24-5)22(27)15-26(31(6,29)30)21-9-7-8-17(2)18(21)3/h7-13,19H,14-15H2,1-6H3,(H,24,28). The Bertz CT molecular complexity index is 1050. The highest BCUT2D eigenvalue weighted by Gasteiger charge is 2.30. The fourth-order valence-corrected chi connectivity index (χ4v) is 4.18. The van der Waals surface area contributed by atoms with Crippen LogP contribution in [0.4, 0.5) is 5.69 Å². The lowest BCUT2D eigenvalue weighted by Crippen LogP contribution is -2.50. The molecule has 0 spiro atoms. The van der Waals surface area contributed by atoms with Crippen molar-refractivity contribution in [3.05, 3.63) is 64.7 Å². The number of rotatable bonds is 8. The van der Waals surface area contributed by atoms with Crippen molar-refractivity contribution in [3.8, 4) is 0 Å². The number of nitrogens with zero attached hydrogens (tertiary/aromatic N) is 2. The molecule has 2 aromatic rings. The van der Waals surface area contributed by atoms with Crippen molar-refractivity contribution < 1.29 is 18.0 Å². The lowest BCUT2D eigenvalue weighted by molar-refractivity contribution is -0.139. The minimum atomic E-state index is -3.73. The van der Waals surface area contributed by atoms with Crippen molar-refractivity contribution >= 4 is 27.5 Å². The van der Waals surface area contributed by atoms with E-state index >= 15 is 0 Å². The summed E-state index contributed by atoms with van der Waals surface area (Å²) in [5, 5.41) is 2.56. The van der Waals surface area contributed by atoms with E-state index in [0.717, 1.165) is 32.8 Å². The zero-order chi connectivity index (χ0) is 23.3. The van der Waals surface area contributed by atoms with Crippen LogP contribution < -0.4 is 9.62 Å². The monoisotopic (exact) mass is 445 g/mol. The second kappa shape index (κ2) is 9.96. The maximum Gasteiger partial charge on any atom is 0.244 e. The van der Waals surface area contributed by atoms with Crippen molar-refractivity contribution in [1.29, 1.82) is 0 Å². The molecule has 1 atom stereocenters. The first kappa shape index (κ1) is 24.4. The third-order valence-electron chi connectivity index (χ3n) is 5.41. The molecule has 0 aliphatic rings. The molecule has 0 saturated carbocycles. The molecular weight excluding hydrogens is 414 g/mol. The minimum Gasteiger partial charge on any atom is -0.357 e. The molecule has 0 fully saturated rings. The van der Waals surface area contributed by atoms with Gasteiger partial charge in [-0.2, -0.15) is 0 Å². The Balaban J connectivity index is 2.42. The van der Waals surface area contributed by atoms with E-state index in [4.69, 9.17) is 0 Å². The van der Waals surface area contributed by atoms with Crippen molar-refractivity contribution in [2.45, 2.75) is 40.3 Å². The number of carbonyl (C=O) groups excluding carboxylic acids is 2. The summed E-state index contributed by atoms with van der Waals surface area (Å²) in [4.78, 5) is 27.1. The number of amides is 2. The predicted molar refractivity (Wildman–Crippen MR) is 123 cm³/mol. The number of hydrogen-bond donors (Lipinski definition) is 1. The minimum absolute atomic E-state index is 0.193. The molecule has 31 heavy (non-hydrogen) atoms. The maximum absolute atomic E-state index is 13.3. The second-order valence-electron chi connectivity index (χ2n) is 7.79. The van der Waals surface area contributed by atoms with Gasteiger partial charge in [-0.05, 0) is 50.5 Å². The summed E-state index contributed by atoms with van der Waals surface area (Å²) in [6, 6.07) is 12.2. The first-order valence-corrected chi connectivity index (χ1v) is 11.9. The van der Waals surface area contributed by atoms with Crippen LogP contribution in [0.15, 0.2) is 42.5 Å². The number of sulfonamides is 1. The number of anilines is 1. The number of nitrogens with one attached hydrogen (secondary N) is 1. The van der Waals surface area contributed by atoms with Gasteiger partial charge in [0.15, 0.2) is 0 Å². The van der Waals surface area contributed by atoms with Crippen LogP contribution in [0.1, 0.15) is 29.2 Å². The number of hydrogen-bond acceptors (Lipinski definition) is 4. The van der Waals surface area contributed by atoms with E-state index in [0.29, 0.717) is 5.69 Å². The Morgan fingerprint density at radius 1 is 1.03 bits per heavy atom. The Morgan fingerprint density at radius 3 is 2.19 bits per heavy atom. The quantitative estimate of drug-likeness (QED) is 0.677. The van der Waals surface area contributed by atoms with E-state index in [1.54, 1.807) is 19.1 Å². The van der Waals surface area contributed by atoms with Gasteiger partial charge >= 0.3 is 0 Å². The van der Waals surface area contributed by atoms with Crippen molar-refractivity contribution in [2.75, 3.05) is 24.2 Å². The predicted octanol–water partition coefficient (Wildman–Crippen LogP) is 2.54. The van der Waals surface area contributed by atoms with E-state index in [9.17, 15) is 18.0 Å². The van der Waals surface area contributed by atoms with Gasteiger partial charge in [0, 0.05) is 13.6 Å². The molecule has 0 aliphatic heterocycles. The van der Waals surface area contributed by atoms with Gasteiger partial charge in [0.2, 0.25) is 21.8 Å². The Labute approximate surface area is 185 Å². The molecular formula is C23H31N3O4S. The SMILES string of the molecule is CNC(=O)C(C)N(Cc1ccc(C)cc1)C(=O)CN(c1cccc(C)c1C)S(C)(=O)=O. The highest BCUT2D eigenvalue weighted by atomic mass is 32.2. The van der Waals surface area contributed by atoms with Crippen LogP contribution in [0.3, 0.4) is 0 Å². The molecule has 2 rings (SSSR count). The molecule has 0 aromatic heterocycles. The van der Waals surface area contributed by atoms with E-state index in [-0.39, 0.29) is 12.5 Å². The van der Waals surface area contributed by atoms with Crippen molar-refractivity contribution in [2.24, 2.45) is 0 Å². The molecule has 7 nitrogen and oxygen atoms in total. The fraction of sp³-hybridized carbons (Fsp3) is 0.391. The average molecular weight is 446 g/mol. The summed E-state index contributed by atoms with van der Waals surface area (Å²) in [5.74, 6) is -0.777. The molecule has 0 heterocycles. The zero-order valence-corrected chi connectivity index (χ0v) is 19.8. The van der Waals surface area contributed by atoms with Crippen LogP contribution in [0, 0.1) is 20.8 Å². The van der Waals surface area contributed by atoms with Crippen LogP contribution in [0.25, 0.3) is 0 Å². The number of benzene rings is 2. The molecule has 1 N–H and O–H groups in total. The molecule has 0 radical (unpaired) electrons. The van der Waals surface area contributed by atoms with Crippen LogP contribution in [0.2, 0.25) is 0 Å². The lowest BCUT2D eigenvalue weighted by Gasteiger charge is -2.31. The molecule has 0 bridgehead atoms. The normalized spacial score (nSPS) is 12.2. The molecule has 168 valence electrons. The third-order valence-corrected chi connectivity index (χ3v) is 6.54. The maximum atomic E-state index is 13.3. The number of aryl methyl sites for hydroxylation is 2. The summed E-state index contributed by atoms with van der Waals surface area (Å²) < 4.78 is 26.3. The topological polar surface area (TPSA) is 86.8 Å². The molecule has 1 unspecified atom stereocenters. The highest BCUT2D eigenvalue weighted by Crippen LogP contribution is 2.25. The fourth-order valence-electron chi connectivity index (χ4n) is 3.28. The largest absolute Gasteiger partial charge is 0.357 e. The van der Waals surface area contributed by atoms with Gasteiger partial charge in [0.25, 0.3) is 0 Å². The van der Waals surface area contributed by atoms with Gasteiger partial charge in [-0.15, -0.1) is 0 Å². The highest BCUT2D eigenvalue weighted by molar-refractivity contribution is 7.92. The summed E-state index contributed by atoms with van der Waals surface area (Å²) in [7, 11) is -2.22. The smallest absolute Gasteiger partial charge is 0.244 e. The molecule has 0 saturated heterocycles. The van der Waals surface area contributed by atoms with E-state index in [1.807, 2.05) is 51.1 Å². The first-order valence-electron chi connectivity index (χ1n) is 10.1. The van der Waals surface area contributed by atoms with Gasteiger partial charge in [-0.3, -0.25) is 13.9 Å². The Hall–Kier alpha value is -2.87. The van der Waals surface area contributed by atoms with E-state index < -0.39 is 28.5 Å². The third kappa shape index (κ3) is 6.07. The van der Waals surface area contributed by atoms with Crippen LogP contribution in [-0.4, -0.2) is 51.0 Å². The van der Waals surface area contributed by atoms with Gasteiger partial charge in [-0.1, -0.05) is 42.0 Å². The molecule has 2 amide bonds. The number of likely N-dealkylation sites (N-methyl/N-ethyl adjacent to an activating group) is 1. The molecule has 8 heteroatoms. The Morgan fingerprint density at radius 2 is 1.65 bits per heavy atom. The summed E-state index contributed by atoms with van der Waals surface area (Å²) in [6.07, 6.45) is 1.08. The average Bonchev–Trinajstić information content (AvgIpc) is 2.71. The van der Waals surface area contributed by atoms with Gasteiger partial charge in [-0.25, -0.2) is 8.42 Å². The van der Waals surface area contributed by atoms with Gasteiger partial charge < -0.3 is 10.2 Å². The van der Waals surface area contributed by atoms with Gasteiger partial charge in [0.05, 0.1) is 11.9 Å². The van der Waals surface area contributed by atoms with Crippen LogP contribution in [-0.2, 0) is 26.2 Å². The van der Waals surface area contributed by atoms with Crippen LogP contribution in [0.5, 0.6) is 0 Å². The number of carbonyl (C=O) groups is 2. The second-order valence-corrected chi connectivity index (χ2v) is 9.69. The van der Waals surface area contributed by atoms with E-state index in [2.05, 4.69) is 5.32 Å². The Kier molecular flexibility index (Phi) is 7.84. The first-order chi connectivity index (χ1) is 14.5. The summed E-state index contributed by atoms with van der Waals surface area (Å²) in [6.45, 7) is 7.11. The summed E-state index contributed by atoms with van der Waals surface area (Å²) >= 11 is 0. The van der Waals surface area contributed by atoms with Crippen molar-refractivity contribution in [1.82, 2.24) is 10.2 Å². The van der Waals surface area contributed by atoms with E-state index in [1.165, 1.54) is 11.9 Å². The lowest BCUT2D eigenvalue weighted by atomic mass is 10.1. The van der Waals surface area contributed by atoms with Crippen molar-refractivity contribution in [3.63, 3.8) is 0 Å². The van der Waals surface area contributed by atoms with Gasteiger partial charge in [0.1, 0.15) is 12.6 Å². The zero-order valence-electron chi connectivity index (χ0n) is 19.0. The molecule has 0 aliphatic carbocycles. The van der Waals surface area contributed by atoms with Crippen LogP contribution >= 0.6 is 0 Å². The summed E-state index contributed by atoms with van der Waals surface area (Å²) in [5.41, 5.74) is 4.10. The molecule has 2 aromatic carbocycles.